The molecular formula is C23H19F2N3O2. The average Bonchev–Trinajstić information content (AvgIpc) is 3.07. The van der Waals surface area contributed by atoms with Crippen LogP contribution in [0.5, 0.6) is 5.75 Å². The summed E-state index contributed by atoms with van der Waals surface area (Å²) in [5, 5.41) is 0. The molecule has 0 unspecified atom stereocenters. The van der Waals surface area contributed by atoms with E-state index in [1.807, 2.05) is 4.90 Å². The second kappa shape index (κ2) is 7.16. The van der Waals surface area contributed by atoms with Crippen molar-refractivity contribution in [1.82, 2.24) is 14.9 Å². The topological polar surface area (TPSA) is 55.3 Å². The zero-order chi connectivity index (χ0) is 20.8. The lowest BCUT2D eigenvalue weighted by Crippen LogP contribution is -2.42. The molecule has 5 rings (SSSR count). The summed E-state index contributed by atoms with van der Waals surface area (Å²) in [7, 11) is 1.39. The zero-order valence-electron chi connectivity index (χ0n) is 16.3. The first-order valence-electron chi connectivity index (χ1n) is 9.83. The molecule has 5 nitrogen and oxygen atoms in total. The molecule has 1 fully saturated rings. The normalized spacial score (nSPS) is 19.5. The second-order valence-corrected chi connectivity index (χ2v) is 7.62. The van der Waals surface area contributed by atoms with Gasteiger partial charge in [-0.25, -0.2) is 18.7 Å². The zero-order valence-corrected chi connectivity index (χ0v) is 16.3. The van der Waals surface area contributed by atoms with E-state index in [0.717, 1.165) is 29.7 Å². The molecule has 30 heavy (non-hydrogen) atoms. The minimum atomic E-state index is -0.555. The smallest absolute Gasteiger partial charge is 0.254 e. The van der Waals surface area contributed by atoms with E-state index in [-0.39, 0.29) is 29.6 Å². The van der Waals surface area contributed by atoms with Crippen LogP contribution in [0.2, 0.25) is 0 Å². The molecule has 0 spiro atoms. The van der Waals surface area contributed by atoms with Crippen LogP contribution in [-0.4, -0.2) is 33.9 Å². The fourth-order valence-electron chi connectivity index (χ4n) is 4.47. The summed E-state index contributed by atoms with van der Waals surface area (Å²) in [6.07, 6.45) is 4.06. The lowest BCUT2D eigenvalue weighted by molar-refractivity contribution is 0.0643. The molecule has 2 bridgehead atoms. The summed E-state index contributed by atoms with van der Waals surface area (Å²) >= 11 is 0. The van der Waals surface area contributed by atoms with Crippen molar-refractivity contribution in [3.05, 3.63) is 77.1 Å². The highest BCUT2D eigenvalue weighted by Crippen LogP contribution is 2.44. The molecule has 2 aliphatic heterocycles. The van der Waals surface area contributed by atoms with E-state index < -0.39 is 5.82 Å². The van der Waals surface area contributed by atoms with E-state index in [1.54, 1.807) is 24.4 Å². The summed E-state index contributed by atoms with van der Waals surface area (Å²) < 4.78 is 32.3. The van der Waals surface area contributed by atoms with Crippen molar-refractivity contribution in [3.63, 3.8) is 0 Å². The maximum absolute atomic E-state index is 14.1. The van der Waals surface area contributed by atoms with Crippen molar-refractivity contribution in [2.45, 2.75) is 31.3 Å². The third-order valence-electron chi connectivity index (χ3n) is 5.93. The number of fused-ring (bicyclic) bond motifs is 4. The molecule has 2 aromatic carbocycles. The van der Waals surface area contributed by atoms with E-state index in [0.29, 0.717) is 17.8 Å². The standard InChI is InChI=1S/C23H19F2N3O2/c1-30-21-9-4-14(10-18(21)25)23(29)28-16-7-8-20(28)17-12-26-22(27-19(17)11-16)13-2-5-15(24)6-3-13/h2-6,9-10,12,16,20H,7-8,11H2,1H3/t16-,20+/m0/s1. The minimum absolute atomic E-state index is 0.0103. The first kappa shape index (κ1) is 18.7. The van der Waals surface area contributed by atoms with Crippen LogP contribution in [0.25, 0.3) is 11.4 Å². The van der Waals surface area contributed by atoms with Gasteiger partial charge in [0.1, 0.15) is 5.82 Å². The Bertz CT molecular complexity index is 1130. The molecule has 1 saturated heterocycles. The first-order valence-corrected chi connectivity index (χ1v) is 9.83. The van der Waals surface area contributed by atoms with Crippen LogP contribution in [0.15, 0.2) is 48.7 Å². The van der Waals surface area contributed by atoms with Crippen LogP contribution in [0, 0.1) is 11.6 Å². The van der Waals surface area contributed by atoms with Gasteiger partial charge in [-0.15, -0.1) is 0 Å². The lowest BCUT2D eigenvalue weighted by Gasteiger charge is -2.35. The Hall–Kier alpha value is -3.35. The Balaban J connectivity index is 1.46. The SMILES string of the molecule is COc1ccc(C(=O)N2[C@H]3CC[C@@H]2c2cnc(-c4ccc(F)cc4)nc2C3)cc1F. The van der Waals surface area contributed by atoms with E-state index in [4.69, 9.17) is 9.72 Å². The van der Waals surface area contributed by atoms with E-state index in [9.17, 15) is 13.6 Å². The Morgan fingerprint density at radius 2 is 1.93 bits per heavy atom. The van der Waals surface area contributed by atoms with Crippen molar-refractivity contribution in [2.75, 3.05) is 7.11 Å². The molecule has 1 amide bonds. The summed E-state index contributed by atoms with van der Waals surface area (Å²) in [5.41, 5.74) is 2.90. The number of ether oxygens (including phenoxy) is 1. The van der Waals surface area contributed by atoms with E-state index in [2.05, 4.69) is 4.98 Å². The van der Waals surface area contributed by atoms with Gasteiger partial charge in [0, 0.05) is 35.3 Å². The van der Waals surface area contributed by atoms with Gasteiger partial charge < -0.3 is 9.64 Å². The summed E-state index contributed by atoms with van der Waals surface area (Å²) in [4.78, 5) is 24.2. The van der Waals surface area contributed by atoms with Crippen LogP contribution in [0.1, 0.15) is 40.5 Å². The Morgan fingerprint density at radius 3 is 2.67 bits per heavy atom. The van der Waals surface area contributed by atoms with Gasteiger partial charge in [-0.3, -0.25) is 4.79 Å². The molecule has 152 valence electrons. The molecule has 2 atom stereocenters. The largest absolute Gasteiger partial charge is 0.494 e. The Labute approximate surface area is 172 Å². The monoisotopic (exact) mass is 407 g/mol. The number of halogens is 2. The number of nitrogens with zero attached hydrogens (tertiary/aromatic N) is 3. The maximum atomic E-state index is 14.1. The van der Waals surface area contributed by atoms with Gasteiger partial charge in [0.05, 0.1) is 18.8 Å². The highest BCUT2D eigenvalue weighted by molar-refractivity contribution is 5.95. The number of benzene rings is 2. The number of rotatable bonds is 3. The number of hydrogen-bond acceptors (Lipinski definition) is 4. The molecular weight excluding hydrogens is 388 g/mol. The van der Waals surface area contributed by atoms with Gasteiger partial charge in [0.25, 0.3) is 5.91 Å². The quantitative estimate of drug-likeness (QED) is 0.649. The lowest BCUT2D eigenvalue weighted by atomic mass is 9.97. The van der Waals surface area contributed by atoms with Crippen LogP contribution in [0.4, 0.5) is 8.78 Å². The molecule has 2 aliphatic rings. The third-order valence-corrected chi connectivity index (χ3v) is 5.93. The minimum Gasteiger partial charge on any atom is -0.494 e. The molecule has 1 aromatic heterocycles. The molecule has 3 aromatic rings. The van der Waals surface area contributed by atoms with Crippen LogP contribution in [0.3, 0.4) is 0 Å². The van der Waals surface area contributed by atoms with Crippen molar-refractivity contribution in [1.29, 1.82) is 0 Å². The molecule has 0 radical (unpaired) electrons. The van der Waals surface area contributed by atoms with Crippen LogP contribution >= 0.6 is 0 Å². The van der Waals surface area contributed by atoms with Crippen molar-refractivity contribution in [3.8, 4) is 17.1 Å². The Morgan fingerprint density at radius 1 is 1.13 bits per heavy atom. The van der Waals surface area contributed by atoms with E-state index >= 15 is 0 Å². The number of carbonyl (C=O) groups is 1. The van der Waals surface area contributed by atoms with E-state index in [1.165, 1.54) is 31.4 Å². The van der Waals surface area contributed by atoms with Gasteiger partial charge >= 0.3 is 0 Å². The highest BCUT2D eigenvalue weighted by Gasteiger charge is 2.43. The number of methoxy groups -OCH3 is 1. The third kappa shape index (κ3) is 3.01. The highest BCUT2D eigenvalue weighted by atomic mass is 19.1. The predicted molar refractivity (Wildman–Crippen MR) is 106 cm³/mol. The van der Waals surface area contributed by atoms with Crippen LogP contribution in [-0.2, 0) is 6.42 Å². The van der Waals surface area contributed by atoms with Gasteiger partial charge in [-0.2, -0.15) is 0 Å². The average molecular weight is 407 g/mol. The predicted octanol–water partition coefficient (Wildman–Crippen LogP) is 4.33. The Kier molecular flexibility index (Phi) is 4.46. The van der Waals surface area contributed by atoms with Gasteiger partial charge in [-0.1, -0.05) is 0 Å². The van der Waals surface area contributed by atoms with Crippen molar-refractivity contribution >= 4 is 5.91 Å². The molecule has 0 saturated carbocycles. The molecule has 7 heteroatoms. The fourth-order valence-corrected chi connectivity index (χ4v) is 4.47. The molecule has 3 heterocycles. The summed E-state index contributed by atoms with van der Waals surface area (Å²) in [6, 6.07) is 10.3. The fraction of sp³-hybridized carbons (Fsp3) is 0.261. The number of amides is 1. The van der Waals surface area contributed by atoms with Crippen LogP contribution < -0.4 is 4.74 Å². The number of carbonyl (C=O) groups excluding carboxylic acids is 1. The van der Waals surface area contributed by atoms with Gasteiger partial charge in [-0.05, 0) is 55.3 Å². The first-order chi connectivity index (χ1) is 14.5. The second-order valence-electron chi connectivity index (χ2n) is 7.62. The van der Waals surface area contributed by atoms with Gasteiger partial charge in [0.2, 0.25) is 0 Å². The van der Waals surface area contributed by atoms with Crippen molar-refractivity contribution < 1.29 is 18.3 Å². The summed E-state index contributed by atoms with van der Waals surface area (Å²) in [6.45, 7) is 0. The molecule has 0 aliphatic carbocycles. The molecule has 0 N–H and O–H groups in total. The maximum Gasteiger partial charge on any atom is 0.254 e. The van der Waals surface area contributed by atoms with Gasteiger partial charge in [0.15, 0.2) is 17.4 Å². The van der Waals surface area contributed by atoms with Crippen molar-refractivity contribution in [2.24, 2.45) is 0 Å². The number of hydrogen-bond donors (Lipinski definition) is 0. The summed E-state index contributed by atoms with van der Waals surface area (Å²) in [5.74, 6) is -0.401. The number of aromatic nitrogens is 2.